The van der Waals surface area contributed by atoms with E-state index in [1.165, 1.54) is 283 Å². The fourth-order valence-corrected chi connectivity index (χ4v) is 10.2. The Hall–Kier alpha value is -0.660. The maximum atomic E-state index is 2.69. The van der Waals surface area contributed by atoms with E-state index in [1.807, 2.05) is 0 Å². The molecule has 1 heterocycles. The maximum absolute atomic E-state index is 2.69. The van der Waals surface area contributed by atoms with Gasteiger partial charge in [0.05, 0.1) is 6.67 Å². The average molecular weight is 769 g/mol. The van der Waals surface area contributed by atoms with Gasteiger partial charge in [0.2, 0.25) is 0 Å². The summed E-state index contributed by atoms with van der Waals surface area (Å²) in [5, 5.41) is 0. The van der Waals surface area contributed by atoms with E-state index >= 15 is 0 Å². The van der Waals surface area contributed by atoms with E-state index in [2.05, 4.69) is 43.1 Å². The van der Waals surface area contributed by atoms with Gasteiger partial charge in [-0.3, -0.25) is 0 Å². The molecule has 0 saturated heterocycles. The summed E-state index contributed by atoms with van der Waals surface area (Å²) < 4.78 is 0. The number of rotatable bonds is 42. The number of unbranched alkanes of at least 4 members (excludes halogenated alkanes) is 31. The van der Waals surface area contributed by atoms with Crippen molar-refractivity contribution in [2.45, 2.75) is 302 Å². The van der Waals surface area contributed by atoms with Crippen molar-refractivity contribution >= 4 is 0 Å². The van der Waals surface area contributed by atoms with E-state index in [-0.39, 0.29) is 0 Å². The van der Waals surface area contributed by atoms with Gasteiger partial charge in [-0.05, 0) is 24.7 Å². The molecule has 2 aliphatic rings. The Kier molecular flexibility index (Phi) is 35.6. The monoisotopic (exact) mass is 769 g/mol. The second-order valence-electron chi connectivity index (χ2n) is 19.4. The van der Waals surface area contributed by atoms with E-state index < -0.39 is 0 Å². The number of hydrogen-bond acceptors (Lipinski definition) is 2. The zero-order valence-corrected chi connectivity index (χ0v) is 38.6. The van der Waals surface area contributed by atoms with Gasteiger partial charge >= 0.3 is 0 Å². The van der Waals surface area contributed by atoms with Gasteiger partial charge < -0.3 is 9.80 Å². The summed E-state index contributed by atoms with van der Waals surface area (Å²) in [6, 6.07) is 0.767. The van der Waals surface area contributed by atoms with Crippen molar-refractivity contribution in [2.24, 2.45) is 11.8 Å². The molecule has 2 rings (SSSR count). The van der Waals surface area contributed by atoms with Crippen molar-refractivity contribution in [2.75, 3.05) is 13.7 Å². The van der Waals surface area contributed by atoms with Crippen LogP contribution >= 0.6 is 0 Å². The van der Waals surface area contributed by atoms with Crippen molar-refractivity contribution in [1.82, 2.24) is 9.80 Å². The minimum Gasteiger partial charge on any atom is -0.362 e. The minimum absolute atomic E-state index is 0.767. The highest BCUT2D eigenvalue weighted by Crippen LogP contribution is 2.32. The van der Waals surface area contributed by atoms with Crippen LogP contribution in [0.5, 0.6) is 0 Å². The summed E-state index contributed by atoms with van der Waals surface area (Å²) in [7, 11) is 2.25. The second-order valence-corrected chi connectivity index (χ2v) is 19.4. The first-order valence-electron chi connectivity index (χ1n) is 26.4. The summed E-state index contributed by atoms with van der Waals surface area (Å²) in [4.78, 5) is 5.07. The third kappa shape index (κ3) is 31.0. The molecule has 2 nitrogen and oxygen atoms in total. The summed E-state index contributed by atoms with van der Waals surface area (Å²) >= 11 is 0. The highest BCUT2D eigenvalue weighted by molar-refractivity contribution is 4.93. The Morgan fingerprint density at radius 1 is 0.400 bits per heavy atom. The highest BCUT2D eigenvalue weighted by Gasteiger charge is 2.24. The molecule has 55 heavy (non-hydrogen) atoms. The van der Waals surface area contributed by atoms with Crippen molar-refractivity contribution in [3.8, 4) is 0 Å². The van der Waals surface area contributed by atoms with Crippen molar-refractivity contribution in [3.63, 3.8) is 0 Å². The van der Waals surface area contributed by atoms with Gasteiger partial charge in [-0.25, -0.2) is 0 Å². The lowest BCUT2D eigenvalue weighted by Gasteiger charge is -2.33. The predicted octanol–water partition coefficient (Wildman–Crippen LogP) is 18.5. The van der Waals surface area contributed by atoms with Crippen LogP contribution in [-0.4, -0.2) is 29.6 Å². The molecule has 1 aliphatic heterocycles. The van der Waals surface area contributed by atoms with Crippen LogP contribution in [0.15, 0.2) is 12.4 Å². The van der Waals surface area contributed by atoms with E-state index in [1.54, 1.807) is 0 Å². The highest BCUT2D eigenvalue weighted by atomic mass is 15.3. The third-order valence-electron chi connectivity index (χ3n) is 14.0. The lowest BCUT2D eigenvalue weighted by molar-refractivity contribution is 0.172. The quantitative estimate of drug-likeness (QED) is 0.0571. The average Bonchev–Trinajstić information content (AvgIpc) is 3.64. The Balaban J connectivity index is 1.58. The van der Waals surface area contributed by atoms with Gasteiger partial charge in [-0.15, -0.1) is 0 Å². The molecule has 0 aromatic carbocycles. The second kappa shape index (κ2) is 38.8. The molecule has 2 heteroatoms. The summed E-state index contributed by atoms with van der Waals surface area (Å²) in [6.07, 6.45) is 69.7. The molecule has 0 aromatic heterocycles. The molecule has 0 bridgehead atoms. The zero-order valence-electron chi connectivity index (χ0n) is 38.6. The molecule has 1 unspecified atom stereocenters. The van der Waals surface area contributed by atoms with Crippen LogP contribution in [0.1, 0.15) is 296 Å². The topological polar surface area (TPSA) is 6.48 Å². The summed E-state index contributed by atoms with van der Waals surface area (Å²) in [5.74, 6) is 1.98. The molecule has 0 radical (unpaired) electrons. The molecule has 0 spiro atoms. The fourth-order valence-electron chi connectivity index (χ4n) is 10.2. The molecule has 326 valence electrons. The van der Waals surface area contributed by atoms with Crippen LogP contribution in [0.3, 0.4) is 0 Å². The molecule has 0 N–H and O–H groups in total. The minimum atomic E-state index is 0.767. The van der Waals surface area contributed by atoms with Crippen LogP contribution in [0.4, 0.5) is 0 Å². The van der Waals surface area contributed by atoms with Crippen LogP contribution in [-0.2, 0) is 0 Å². The van der Waals surface area contributed by atoms with Crippen LogP contribution in [0, 0.1) is 11.8 Å². The molecular formula is C53H104N2. The summed E-state index contributed by atoms with van der Waals surface area (Å²) in [5.41, 5.74) is 0. The van der Waals surface area contributed by atoms with Crippen molar-refractivity contribution in [1.29, 1.82) is 0 Å². The number of hydrogen-bond donors (Lipinski definition) is 0. The third-order valence-corrected chi connectivity index (χ3v) is 14.0. The fraction of sp³-hybridized carbons (Fsp3) is 0.962. The Morgan fingerprint density at radius 2 is 0.727 bits per heavy atom. The molecular weight excluding hydrogens is 665 g/mol. The normalized spacial score (nSPS) is 15.6. The summed E-state index contributed by atoms with van der Waals surface area (Å²) in [6.45, 7) is 5.75. The van der Waals surface area contributed by atoms with Gasteiger partial charge in [-0.2, -0.15) is 0 Å². The van der Waals surface area contributed by atoms with Crippen molar-refractivity contribution < 1.29 is 0 Å². The van der Waals surface area contributed by atoms with E-state index in [0.717, 1.165) is 24.5 Å². The van der Waals surface area contributed by atoms with Crippen LogP contribution in [0.2, 0.25) is 0 Å². The van der Waals surface area contributed by atoms with Gasteiger partial charge in [0, 0.05) is 25.5 Å². The first-order chi connectivity index (χ1) is 27.2. The molecule has 1 atom stereocenters. The van der Waals surface area contributed by atoms with E-state index in [0.29, 0.717) is 0 Å². The molecule has 1 fully saturated rings. The molecule has 1 aliphatic carbocycles. The first kappa shape index (κ1) is 50.5. The van der Waals surface area contributed by atoms with E-state index in [4.69, 9.17) is 0 Å². The zero-order chi connectivity index (χ0) is 39.1. The van der Waals surface area contributed by atoms with Gasteiger partial charge in [0.25, 0.3) is 0 Å². The van der Waals surface area contributed by atoms with Gasteiger partial charge in [0.15, 0.2) is 0 Å². The molecule has 1 saturated carbocycles. The van der Waals surface area contributed by atoms with E-state index in [9.17, 15) is 0 Å². The van der Waals surface area contributed by atoms with Crippen LogP contribution in [0.25, 0.3) is 0 Å². The lowest BCUT2D eigenvalue weighted by atomic mass is 9.83. The van der Waals surface area contributed by atoms with Gasteiger partial charge in [-0.1, -0.05) is 284 Å². The van der Waals surface area contributed by atoms with Crippen LogP contribution < -0.4 is 0 Å². The number of nitrogens with zero attached hydrogens (tertiary/aromatic N) is 2. The lowest BCUT2D eigenvalue weighted by Crippen LogP contribution is -2.35. The molecule has 0 aromatic rings. The molecule has 0 amide bonds. The largest absolute Gasteiger partial charge is 0.362 e. The predicted molar refractivity (Wildman–Crippen MR) is 249 cm³/mol. The van der Waals surface area contributed by atoms with Gasteiger partial charge in [0.1, 0.15) is 0 Å². The maximum Gasteiger partial charge on any atom is 0.0893 e. The Bertz CT molecular complexity index is 749. The Labute approximate surface area is 349 Å². The smallest absolute Gasteiger partial charge is 0.0893 e. The van der Waals surface area contributed by atoms with Crippen molar-refractivity contribution in [3.05, 3.63) is 12.4 Å². The Morgan fingerprint density at radius 3 is 1.07 bits per heavy atom. The standard InChI is InChI=1S/C53H104N2/c1-4-6-8-10-12-14-16-18-20-22-24-26-28-30-32-35-41-51(42-36-33-31-29-27-25-23-21-19-17-15-13-11-9-7-5-2)43-39-40-46-53(55-48-47-54(3)50-55)49-52-44-37-34-38-45-52/h47-48,51-53H,4-46,49-50H2,1-3H3. The first-order valence-corrected chi connectivity index (χ1v) is 26.4. The SMILES string of the molecule is CCCCCCCCCCCCCCCCCCC(CCCCCCCCCCCCCCCCCC)CCCCC(CC1CCCCC1)N1C=CN(C)C1.